The van der Waals surface area contributed by atoms with Gasteiger partial charge in [0.15, 0.2) is 0 Å². The number of aliphatic imine (C=N–C) groups is 1. The number of carbonyl (C=O) groups excluding carboxylic acids is 2. The molecular weight excluding hydrogens is 488 g/mol. The van der Waals surface area contributed by atoms with E-state index in [0.29, 0.717) is 17.9 Å². The SMILES string of the molecule is Cc1ccc(C(=O)N=C2Cc3ccc(CN4CCC(C(C)(C)O)CC4)cc3N2C2CCC(C(N)=O)CC2)cc1. The van der Waals surface area contributed by atoms with Crippen LogP contribution >= 0.6 is 0 Å². The summed E-state index contributed by atoms with van der Waals surface area (Å²) < 4.78 is 0. The number of primary amides is 1. The van der Waals surface area contributed by atoms with E-state index >= 15 is 0 Å². The van der Waals surface area contributed by atoms with E-state index in [1.54, 1.807) is 0 Å². The van der Waals surface area contributed by atoms with Gasteiger partial charge in [-0.3, -0.25) is 14.5 Å². The third-order valence-corrected chi connectivity index (χ3v) is 9.02. The molecule has 7 nitrogen and oxygen atoms in total. The number of nitrogens with zero attached hydrogens (tertiary/aromatic N) is 3. The quantitative estimate of drug-likeness (QED) is 0.568. The number of piperidine rings is 1. The third kappa shape index (κ3) is 6.25. The fourth-order valence-electron chi connectivity index (χ4n) is 6.53. The minimum Gasteiger partial charge on any atom is -0.390 e. The highest BCUT2D eigenvalue weighted by atomic mass is 16.3. The number of hydrogen-bond acceptors (Lipinski definition) is 4. The maximum absolute atomic E-state index is 13.2. The molecule has 3 aliphatic rings. The van der Waals surface area contributed by atoms with Gasteiger partial charge in [-0.1, -0.05) is 29.8 Å². The number of aryl methyl sites for hydroxylation is 1. The zero-order valence-corrected chi connectivity index (χ0v) is 23.5. The number of carbonyl (C=O) groups is 2. The molecule has 0 unspecified atom stereocenters. The molecule has 1 aliphatic carbocycles. The Morgan fingerprint density at radius 3 is 2.28 bits per heavy atom. The van der Waals surface area contributed by atoms with E-state index in [4.69, 9.17) is 5.73 Å². The van der Waals surface area contributed by atoms with Gasteiger partial charge >= 0.3 is 0 Å². The minimum absolute atomic E-state index is 0.0731. The summed E-state index contributed by atoms with van der Waals surface area (Å²) in [6.07, 6.45) is 5.85. The molecule has 0 spiro atoms. The van der Waals surface area contributed by atoms with Gasteiger partial charge < -0.3 is 15.7 Å². The van der Waals surface area contributed by atoms with Crippen molar-refractivity contribution >= 4 is 23.3 Å². The van der Waals surface area contributed by atoms with E-state index in [0.717, 1.165) is 75.2 Å². The minimum atomic E-state index is -0.626. The van der Waals surface area contributed by atoms with Crippen LogP contribution in [0.3, 0.4) is 0 Å². The average molecular weight is 531 g/mol. The number of likely N-dealkylation sites (tertiary alicyclic amines) is 1. The van der Waals surface area contributed by atoms with Crippen molar-refractivity contribution in [2.75, 3.05) is 18.0 Å². The molecule has 2 amide bonds. The number of fused-ring (bicyclic) bond motifs is 1. The summed E-state index contributed by atoms with van der Waals surface area (Å²) in [4.78, 5) is 34.4. The first-order valence-corrected chi connectivity index (χ1v) is 14.4. The van der Waals surface area contributed by atoms with Gasteiger partial charge in [-0.2, -0.15) is 4.99 Å². The molecular formula is C32H42N4O3. The lowest BCUT2D eigenvalue weighted by atomic mass is 9.83. The Morgan fingerprint density at radius 1 is 1.00 bits per heavy atom. The molecule has 2 fully saturated rings. The van der Waals surface area contributed by atoms with Crippen LogP contribution in [0, 0.1) is 18.8 Å². The molecule has 2 aliphatic heterocycles. The number of nitrogens with two attached hydrogens (primary N) is 1. The van der Waals surface area contributed by atoms with Crippen molar-refractivity contribution in [2.24, 2.45) is 22.6 Å². The highest BCUT2D eigenvalue weighted by Gasteiger charge is 2.36. The molecule has 2 heterocycles. The fraction of sp³-hybridized carbons (Fsp3) is 0.531. The molecule has 2 aromatic rings. The standard InChI is InChI=1S/C32H42N4O3/c1-21-4-7-24(8-5-21)31(38)34-29-19-25-9-6-22(20-35-16-14-26(15-17-35)32(2,3)39)18-28(25)36(29)27-12-10-23(11-13-27)30(33)37/h4-9,18,23,26-27,39H,10-17,19-20H2,1-3H3,(H2,33,37). The number of aliphatic hydroxyl groups is 1. The summed E-state index contributed by atoms with van der Waals surface area (Å²) in [5, 5.41) is 10.4. The van der Waals surface area contributed by atoms with E-state index in [-0.39, 0.29) is 23.8 Å². The fourth-order valence-corrected chi connectivity index (χ4v) is 6.53. The van der Waals surface area contributed by atoms with Gasteiger partial charge in [-0.05, 0) is 108 Å². The van der Waals surface area contributed by atoms with Crippen molar-refractivity contribution in [3.8, 4) is 0 Å². The number of benzene rings is 2. The Morgan fingerprint density at radius 2 is 1.67 bits per heavy atom. The van der Waals surface area contributed by atoms with Crippen LogP contribution in [0.5, 0.6) is 0 Å². The Kier molecular flexibility index (Phi) is 7.92. The summed E-state index contributed by atoms with van der Waals surface area (Å²) in [7, 11) is 0. The molecule has 0 bridgehead atoms. The van der Waals surface area contributed by atoms with Gasteiger partial charge in [-0.15, -0.1) is 0 Å². The monoisotopic (exact) mass is 530 g/mol. The molecule has 0 aromatic heterocycles. The van der Waals surface area contributed by atoms with Gasteiger partial charge in [0.2, 0.25) is 5.91 Å². The van der Waals surface area contributed by atoms with Crippen molar-refractivity contribution in [1.82, 2.24) is 4.90 Å². The predicted molar refractivity (Wildman–Crippen MR) is 155 cm³/mol. The number of amidine groups is 1. The smallest absolute Gasteiger partial charge is 0.278 e. The molecule has 39 heavy (non-hydrogen) atoms. The largest absolute Gasteiger partial charge is 0.390 e. The summed E-state index contributed by atoms with van der Waals surface area (Å²) in [6.45, 7) is 8.66. The highest BCUT2D eigenvalue weighted by molar-refractivity contribution is 6.12. The predicted octanol–water partition coefficient (Wildman–Crippen LogP) is 4.62. The van der Waals surface area contributed by atoms with Crippen LogP contribution in [-0.4, -0.2) is 52.4 Å². The summed E-state index contributed by atoms with van der Waals surface area (Å²) >= 11 is 0. The van der Waals surface area contributed by atoms with Crippen LogP contribution in [0.4, 0.5) is 5.69 Å². The second kappa shape index (κ2) is 11.2. The van der Waals surface area contributed by atoms with Crippen molar-refractivity contribution in [3.63, 3.8) is 0 Å². The lowest BCUT2D eigenvalue weighted by Gasteiger charge is -2.38. The van der Waals surface area contributed by atoms with Crippen LogP contribution in [0.25, 0.3) is 0 Å². The van der Waals surface area contributed by atoms with Crippen molar-refractivity contribution in [3.05, 3.63) is 64.7 Å². The van der Waals surface area contributed by atoms with Gasteiger partial charge in [0, 0.05) is 36.2 Å². The molecule has 1 saturated carbocycles. The maximum Gasteiger partial charge on any atom is 0.278 e. The van der Waals surface area contributed by atoms with Crippen LogP contribution < -0.4 is 10.6 Å². The maximum atomic E-state index is 13.2. The second-order valence-electron chi connectivity index (χ2n) is 12.3. The molecule has 5 rings (SSSR count). The van der Waals surface area contributed by atoms with E-state index in [2.05, 4.69) is 33.0 Å². The summed E-state index contributed by atoms with van der Waals surface area (Å²) in [5.41, 5.74) is 10.3. The lowest BCUT2D eigenvalue weighted by molar-refractivity contribution is -0.122. The zero-order chi connectivity index (χ0) is 27.7. The number of anilines is 1. The molecule has 0 radical (unpaired) electrons. The Balaban J connectivity index is 1.38. The molecule has 3 N–H and O–H groups in total. The van der Waals surface area contributed by atoms with E-state index in [1.165, 1.54) is 11.1 Å². The molecule has 0 atom stereocenters. The Hall–Kier alpha value is -3.03. The van der Waals surface area contributed by atoms with Crippen LogP contribution in [0.1, 0.15) is 79.4 Å². The van der Waals surface area contributed by atoms with Gasteiger partial charge in [0.05, 0.1) is 5.60 Å². The number of hydrogen-bond donors (Lipinski definition) is 2. The first-order chi connectivity index (χ1) is 18.6. The molecule has 208 valence electrons. The normalized spacial score (nSPS) is 23.7. The van der Waals surface area contributed by atoms with Crippen LogP contribution in [-0.2, 0) is 17.8 Å². The summed E-state index contributed by atoms with van der Waals surface area (Å²) in [5.74, 6) is 0.625. The van der Waals surface area contributed by atoms with E-state index in [1.807, 2.05) is 45.0 Å². The molecule has 2 aromatic carbocycles. The van der Waals surface area contributed by atoms with Gasteiger partial charge in [0.25, 0.3) is 5.91 Å². The zero-order valence-electron chi connectivity index (χ0n) is 23.5. The van der Waals surface area contributed by atoms with Crippen LogP contribution in [0.2, 0.25) is 0 Å². The molecule has 7 heteroatoms. The van der Waals surface area contributed by atoms with Crippen molar-refractivity contribution in [1.29, 1.82) is 0 Å². The average Bonchev–Trinajstić information content (AvgIpc) is 3.25. The summed E-state index contributed by atoms with van der Waals surface area (Å²) in [6, 6.07) is 14.4. The first-order valence-electron chi connectivity index (χ1n) is 14.4. The van der Waals surface area contributed by atoms with Crippen molar-refractivity contribution in [2.45, 2.75) is 83.9 Å². The van der Waals surface area contributed by atoms with E-state index in [9.17, 15) is 14.7 Å². The highest BCUT2D eigenvalue weighted by Crippen LogP contribution is 2.38. The molecule has 1 saturated heterocycles. The van der Waals surface area contributed by atoms with E-state index < -0.39 is 5.60 Å². The third-order valence-electron chi connectivity index (χ3n) is 9.02. The number of amides is 2. The Labute approximate surface area is 232 Å². The lowest BCUT2D eigenvalue weighted by Crippen LogP contribution is -2.42. The second-order valence-corrected chi connectivity index (χ2v) is 12.3. The van der Waals surface area contributed by atoms with Gasteiger partial charge in [0.1, 0.15) is 5.84 Å². The number of rotatable bonds is 6. The van der Waals surface area contributed by atoms with Crippen molar-refractivity contribution < 1.29 is 14.7 Å². The van der Waals surface area contributed by atoms with Gasteiger partial charge in [-0.25, -0.2) is 0 Å². The van der Waals surface area contributed by atoms with Crippen LogP contribution in [0.15, 0.2) is 47.5 Å². The Bertz CT molecular complexity index is 1230. The first kappa shape index (κ1) is 27.5. The topological polar surface area (TPSA) is 99.2 Å².